The molecule has 4 aliphatic rings. The number of β-amino-alcohol motifs (C(OH)–C–C–N with tert-alkyl or cyclic N) is 1. The van der Waals surface area contributed by atoms with Gasteiger partial charge in [-0.2, -0.15) is 10.2 Å². The normalized spacial score (nSPS) is 22.2. The molecule has 4 atom stereocenters. The summed E-state index contributed by atoms with van der Waals surface area (Å²) in [5, 5.41) is 30.3. The first-order valence-electron chi connectivity index (χ1n) is 19.1. The van der Waals surface area contributed by atoms with Crippen LogP contribution in [-0.4, -0.2) is 81.9 Å². The van der Waals surface area contributed by atoms with Gasteiger partial charge in [0, 0.05) is 49.9 Å². The lowest BCUT2D eigenvalue weighted by Gasteiger charge is -2.21. The number of methoxy groups -OCH3 is 1. The van der Waals surface area contributed by atoms with Gasteiger partial charge < -0.3 is 29.0 Å². The number of benzene rings is 3. The van der Waals surface area contributed by atoms with E-state index >= 15 is 0 Å². The third-order valence-electron chi connectivity index (χ3n) is 12.0. The van der Waals surface area contributed by atoms with E-state index in [1.807, 2.05) is 36.4 Å². The number of halogens is 1. The van der Waals surface area contributed by atoms with Crippen molar-refractivity contribution in [3.63, 3.8) is 0 Å². The first kappa shape index (κ1) is 35.7. The summed E-state index contributed by atoms with van der Waals surface area (Å²) in [6, 6.07) is 20.4. The summed E-state index contributed by atoms with van der Waals surface area (Å²) in [7, 11) is 1.62. The molecule has 0 amide bonds. The van der Waals surface area contributed by atoms with Gasteiger partial charge in [0.05, 0.1) is 29.7 Å². The summed E-state index contributed by atoms with van der Waals surface area (Å²) in [6.07, 6.45) is 4.22. The number of hydrogen-bond donors (Lipinski definition) is 2. The number of carboxylic acids is 1. The van der Waals surface area contributed by atoms with Crippen LogP contribution in [0.5, 0.6) is 11.8 Å². The molecular weight excluding hydrogens is 718 g/mol. The number of likely N-dealkylation sites (tertiary alicyclic amines) is 2. The molecule has 12 heteroatoms. The van der Waals surface area contributed by atoms with E-state index < -0.39 is 5.97 Å². The molecule has 3 aromatic carbocycles. The van der Waals surface area contributed by atoms with Crippen LogP contribution in [0.1, 0.15) is 71.1 Å². The van der Waals surface area contributed by atoms with E-state index in [1.165, 1.54) is 5.56 Å². The van der Waals surface area contributed by atoms with Crippen LogP contribution in [0.15, 0.2) is 59.0 Å². The van der Waals surface area contributed by atoms with E-state index in [4.69, 9.17) is 35.5 Å². The molecule has 0 spiro atoms. The van der Waals surface area contributed by atoms with Gasteiger partial charge in [-0.3, -0.25) is 9.69 Å². The number of hydrogen-bond acceptors (Lipinski definition) is 10. The third-order valence-corrected chi connectivity index (χ3v) is 12.4. The van der Waals surface area contributed by atoms with Crippen LogP contribution in [0.25, 0.3) is 33.7 Å². The van der Waals surface area contributed by atoms with Crippen LogP contribution in [0.3, 0.4) is 0 Å². The number of nitrogens with zero attached hydrogens (tertiary/aromatic N) is 5. The molecule has 2 aromatic heterocycles. The number of pyridine rings is 1. The van der Waals surface area contributed by atoms with Gasteiger partial charge in [0.15, 0.2) is 5.58 Å². The number of nitriles is 1. The highest BCUT2D eigenvalue weighted by Crippen LogP contribution is 2.45. The number of aromatic nitrogens is 2. The second-order valence-corrected chi connectivity index (χ2v) is 15.7. The third kappa shape index (κ3) is 6.61. The molecule has 0 bridgehead atoms. The summed E-state index contributed by atoms with van der Waals surface area (Å²) in [4.78, 5) is 25.6. The molecule has 2 aliphatic carbocycles. The van der Waals surface area contributed by atoms with Gasteiger partial charge in [-0.15, -0.1) is 0 Å². The minimum atomic E-state index is -0.733. The van der Waals surface area contributed by atoms with E-state index in [2.05, 4.69) is 34.1 Å². The Morgan fingerprint density at radius 1 is 0.964 bits per heavy atom. The van der Waals surface area contributed by atoms with Crippen molar-refractivity contribution in [1.82, 2.24) is 19.8 Å². The van der Waals surface area contributed by atoms with Crippen molar-refractivity contribution < 1.29 is 28.9 Å². The zero-order valence-electron chi connectivity index (χ0n) is 30.6. The quantitative estimate of drug-likeness (QED) is 0.150. The Balaban J connectivity index is 0.973. The number of aliphatic hydroxyl groups excluding tert-OH is 1. The predicted molar refractivity (Wildman–Crippen MR) is 206 cm³/mol. The molecular formula is C43H42ClN5O6. The van der Waals surface area contributed by atoms with E-state index in [-0.39, 0.29) is 24.0 Å². The van der Waals surface area contributed by atoms with E-state index in [9.17, 15) is 20.3 Å². The van der Waals surface area contributed by atoms with Gasteiger partial charge in [0.25, 0.3) is 0 Å². The highest BCUT2D eigenvalue weighted by Gasteiger charge is 2.34. The maximum atomic E-state index is 11.5. The smallest absolute Gasteiger partial charge is 0.307 e. The molecule has 2 saturated heterocycles. The predicted octanol–water partition coefficient (Wildman–Crippen LogP) is 7.16. The van der Waals surface area contributed by atoms with Crippen molar-refractivity contribution in [2.45, 2.75) is 63.2 Å². The van der Waals surface area contributed by atoms with Crippen molar-refractivity contribution in [2.24, 2.45) is 5.92 Å². The van der Waals surface area contributed by atoms with Crippen LogP contribution < -0.4 is 9.47 Å². The number of aliphatic carboxylic acids is 1. The second-order valence-electron chi connectivity index (χ2n) is 15.3. The number of rotatable bonds is 10. The zero-order valence-corrected chi connectivity index (χ0v) is 31.4. The van der Waals surface area contributed by atoms with Crippen molar-refractivity contribution in [1.29, 1.82) is 5.26 Å². The Morgan fingerprint density at radius 2 is 1.76 bits per heavy atom. The summed E-state index contributed by atoms with van der Waals surface area (Å²) < 4.78 is 18.5. The van der Waals surface area contributed by atoms with Crippen LogP contribution in [0, 0.1) is 17.2 Å². The lowest BCUT2D eigenvalue weighted by molar-refractivity contribution is -0.141. The average Bonchev–Trinajstić information content (AvgIpc) is 4.04. The average molecular weight is 760 g/mol. The van der Waals surface area contributed by atoms with Crippen molar-refractivity contribution in [3.05, 3.63) is 93.0 Å². The minimum Gasteiger partial charge on any atom is -0.481 e. The first-order valence-corrected chi connectivity index (χ1v) is 19.5. The molecule has 2 unspecified atom stereocenters. The van der Waals surface area contributed by atoms with Gasteiger partial charge in [-0.05, 0) is 97.0 Å². The second kappa shape index (κ2) is 14.6. The van der Waals surface area contributed by atoms with Crippen LogP contribution in [-0.2, 0) is 24.2 Å². The summed E-state index contributed by atoms with van der Waals surface area (Å²) >= 11 is 7.23. The Bertz CT molecular complexity index is 2350. The Hall–Kier alpha value is -4.99. The van der Waals surface area contributed by atoms with Crippen molar-refractivity contribution in [2.75, 3.05) is 39.8 Å². The fraction of sp³-hybridized carbons (Fsp3) is 0.395. The Morgan fingerprint density at radius 3 is 2.55 bits per heavy atom. The summed E-state index contributed by atoms with van der Waals surface area (Å²) in [5.41, 5.74) is 9.47. The topological polar surface area (TPSA) is 145 Å². The highest BCUT2D eigenvalue weighted by molar-refractivity contribution is 6.36. The van der Waals surface area contributed by atoms with Gasteiger partial charge in [-0.1, -0.05) is 41.9 Å². The molecule has 0 radical (unpaired) electrons. The Kier molecular flexibility index (Phi) is 9.47. The lowest BCUT2D eigenvalue weighted by atomic mass is 9.95. The molecule has 2 N–H and O–H groups in total. The first-order chi connectivity index (χ1) is 26.8. The highest BCUT2D eigenvalue weighted by atomic mass is 35.5. The fourth-order valence-corrected chi connectivity index (χ4v) is 9.53. The molecule has 11 nitrogen and oxygen atoms in total. The number of oxazole rings is 1. The minimum absolute atomic E-state index is 0.190. The number of ether oxygens (including phenoxy) is 2. The molecule has 4 heterocycles. The zero-order chi connectivity index (χ0) is 37.8. The Labute approximate surface area is 324 Å². The standard InChI is InChI=1S/C43H42ClN5O6/c1-53-41-25(21-49-17-15-27(50)23-49)9-13-38(47-41)54-37-12-11-29-28(4-2-5-31(29)37)32-6-3-7-33(39(32)44)42-46-36-18-34-24(20-48-16-14-26(22-48)43(51)52)8-10-30(34)35(19-45)40(36)55-42/h2-7,9,13,18,24,26-27,37,50H,8,10-12,14-17,20-23H2,1H3,(H,51,52)/t24?,26-,27?,37+/m1/s1. The fourth-order valence-electron chi connectivity index (χ4n) is 9.22. The van der Waals surface area contributed by atoms with Gasteiger partial charge >= 0.3 is 5.97 Å². The number of carboxylic acid groups (broad SMARTS) is 1. The van der Waals surface area contributed by atoms with Gasteiger partial charge in [-0.25, -0.2) is 4.98 Å². The molecule has 282 valence electrons. The largest absolute Gasteiger partial charge is 0.481 e. The van der Waals surface area contributed by atoms with Gasteiger partial charge in [0.1, 0.15) is 23.3 Å². The van der Waals surface area contributed by atoms with Gasteiger partial charge in [0.2, 0.25) is 17.7 Å². The summed E-state index contributed by atoms with van der Waals surface area (Å²) in [6.45, 7) is 4.24. The van der Waals surface area contributed by atoms with Crippen LogP contribution in [0.4, 0.5) is 0 Å². The summed E-state index contributed by atoms with van der Waals surface area (Å²) in [5.74, 6) is 0.530. The molecule has 2 aliphatic heterocycles. The molecule has 9 rings (SSSR count). The lowest BCUT2D eigenvalue weighted by Crippen LogP contribution is -2.27. The SMILES string of the molecule is COc1nc(O[C@H]2CCc3c(-c4cccc(-c5nc6cc7c(c(C#N)c6o5)CCC7CN5CC[C@@H](C(=O)O)C5)c4Cl)cccc32)ccc1CN1CCC(O)C1. The molecule has 2 fully saturated rings. The monoisotopic (exact) mass is 759 g/mol. The maximum absolute atomic E-state index is 11.5. The maximum Gasteiger partial charge on any atom is 0.307 e. The number of fused-ring (bicyclic) bond motifs is 3. The molecule has 55 heavy (non-hydrogen) atoms. The number of aliphatic hydroxyl groups is 1. The van der Waals surface area contributed by atoms with E-state index in [1.54, 1.807) is 7.11 Å². The van der Waals surface area contributed by atoms with Crippen LogP contribution >= 0.6 is 11.6 Å². The molecule has 5 aromatic rings. The molecule has 0 saturated carbocycles. The van der Waals surface area contributed by atoms with Crippen molar-refractivity contribution >= 4 is 28.7 Å². The van der Waals surface area contributed by atoms with Crippen molar-refractivity contribution in [3.8, 4) is 40.4 Å². The van der Waals surface area contributed by atoms with Crippen LogP contribution in [0.2, 0.25) is 5.02 Å². The van der Waals surface area contributed by atoms with E-state index in [0.29, 0.717) is 71.0 Å². The number of carbonyl (C=O) groups is 1. The van der Waals surface area contributed by atoms with E-state index in [0.717, 1.165) is 85.1 Å².